The van der Waals surface area contributed by atoms with Crippen LogP contribution in [0.3, 0.4) is 0 Å². The third kappa shape index (κ3) is 3.69. The molecule has 23 heavy (non-hydrogen) atoms. The highest BCUT2D eigenvalue weighted by Gasteiger charge is 2.37. The second-order valence-electron chi connectivity index (χ2n) is 4.64. The Morgan fingerprint density at radius 2 is 1.30 bits per heavy atom. The average molecular weight is 336 g/mol. The Morgan fingerprint density at radius 3 is 1.74 bits per heavy atom. The molecular weight excluding hydrogens is 329 g/mol. The van der Waals surface area contributed by atoms with E-state index in [1.54, 1.807) is 0 Å². The second-order valence-corrected chi connectivity index (χ2v) is 4.64. The Kier molecular flexibility index (Phi) is 4.19. The monoisotopic (exact) mass is 336 g/mol. The predicted octanol–water partition coefficient (Wildman–Crippen LogP) is 5.34. The molecule has 1 nitrogen and oxygen atoms in total. The quantitative estimate of drug-likeness (QED) is 0.534. The van der Waals surface area contributed by atoms with Gasteiger partial charge in [0.2, 0.25) is 0 Å². The molecule has 0 aliphatic rings. The van der Waals surface area contributed by atoms with Gasteiger partial charge in [0.1, 0.15) is 5.82 Å². The lowest BCUT2D eigenvalue weighted by atomic mass is 9.96. The van der Waals surface area contributed by atoms with Crippen molar-refractivity contribution in [3.63, 3.8) is 0 Å². The first-order chi connectivity index (χ1) is 10.5. The summed E-state index contributed by atoms with van der Waals surface area (Å²) in [6, 6.07) is 3.41. The van der Waals surface area contributed by atoms with E-state index >= 15 is 0 Å². The van der Waals surface area contributed by atoms with Crippen molar-refractivity contribution in [2.75, 3.05) is 0 Å². The van der Waals surface area contributed by atoms with Crippen molar-refractivity contribution >= 4 is 6.29 Å². The second kappa shape index (κ2) is 5.68. The fraction of sp³-hybridized carbons (Fsp3) is 0.133. The highest BCUT2D eigenvalue weighted by Crippen LogP contribution is 2.39. The van der Waals surface area contributed by atoms with Crippen molar-refractivity contribution in [2.24, 2.45) is 0 Å². The number of carbonyl (C=O) groups is 1. The third-order valence-electron chi connectivity index (χ3n) is 3.04. The van der Waals surface area contributed by atoms with Crippen LogP contribution >= 0.6 is 0 Å². The summed E-state index contributed by atoms with van der Waals surface area (Å²) in [5.74, 6) is -0.892. The van der Waals surface area contributed by atoms with Gasteiger partial charge in [0, 0.05) is 5.56 Å². The van der Waals surface area contributed by atoms with Crippen molar-refractivity contribution in [2.45, 2.75) is 12.4 Å². The van der Waals surface area contributed by atoms with Crippen LogP contribution in [0.1, 0.15) is 21.5 Å². The van der Waals surface area contributed by atoms with Gasteiger partial charge in [-0.1, -0.05) is 0 Å². The van der Waals surface area contributed by atoms with E-state index in [9.17, 15) is 35.5 Å². The molecule has 0 saturated heterocycles. The van der Waals surface area contributed by atoms with E-state index < -0.39 is 34.9 Å². The normalized spacial score (nSPS) is 12.3. The summed E-state index contributed by atoms with van der Waals surface area (Å²) in [5, 5.41) is 0. The molecule has 0 aromatic heterocycles. The molecule has 0 fully saturated rings. The Morgan fingerprint density at radius 1 is 0.783 bits per heavy atom. The highest BCUT2D eigenvalue weighted by atomic mass is 19.4. The van der Waals surface area contributed by atoms with E-state index in [-0.39, 0.29) is 23.5 Å². The van der Waals surface area contributed by atoms with Gasteiger partial charge >= 0.3 is 12.4 Å². The van der Waals surface area contributed by atoms with Crippen LogP contribution in [0.4, 0.5) is 30.7 Å². The summed E-state index contributed by atoms with van der Waals surface area (Å²) in [7, 11) is 0. The van der Waals surface area contributed by atoms with Gasteiger partial charge in [-0.2, -0.15) is 26.3 Å². The molecule has 0 heterocycles. The SMILES string of the molecule is O=Cc1ccc(F)cc1-c1cc(C(F)(F)F)cc(C(F)(F)F)c1. The Bertz CT molecular complexity index is 712. The molecule has 2 rings (SSSR count). The van der Waals surface area contributed by atoms with Gasteiger partial charge in [-0.25, -0.2) is 4.39 Å². The molecule has 0 atom stereocenters. The van der Waals surface area contributed by atoms with Crippen LogP contribution in [0.2, 0.25) is 0 Å². The van der Waals surface area contributed by atoms with Crippen LogP contribution in [-0.4, -0.2) is 6.29 Å². The predicted molar refractivity (Wildman–Crippen MR) is 67.2 cm³/mol. The first-order valence-electron chi connectivity index (χ1n) is 6.07. The smallest absolute Gasteiger partial charge is 0.298 e. The summed E-state index contributed by atoms with van der Waals surface area (Å²) < 4.78 is 90.1. The molecule has 8 heteroatoms. The van der Waals surface area contributed by atoms with Gasteiger partial charge in [-0.15, -0.1) is 0 Å². The van der Waals surface area contributed by atoms with Crippen LogP contribution in [0, 0.1) is 5.82 Å². The van der Waals surface area contributed by atoms with E-state index in [1.807, 2.05) is 0 Å². The van der Waals surface area contributed by atoms with Crippen molar-refractivity contribution in [1.82, 2.24) is 0 Å². The largest absolute Gasteiger partial charge is 0.416 e. The van der Waals surface area contributed by atoms with E-state index in [4.69, 9.17) is 0 Å². The van der Waals surface area contributed by atoms with E-state index in [0.29, 0.717) is 18.2 Å². The van der Waals surface area contributed by atoms with Gasteiger partial charge in [-0.3, -0.25) is 4.79 Å². The van der Waals surface area contributed by atoms with Gasteiger partial charge in [-0.05, 0) is 47.5 Å². The Hall–Kier alpha value is -2.38. The topological polar surface area (TPSA) is 17.1 Å². The molecule has 2 aromatic rings. The molecule has 0 radical (unpaired) electrons. The fourth-order valence-electron chi connectivity index (χ4n) is 1.99. The number of alkyl halides is 6. The van der Waals surface area contributed by atoms with Gasteiger partial charge in [0.05, 0.1) is 11.1 Å². The minimum Gasteiger partial charge on any atom is -0.298 e. The minimum atomic E-state index is -5.02. The molecule has 0 aliphatic heterocycles. The molecule has 0 spiro atoms. The number of hydrogen-bond donors (Lipinski definition) is 0. The summed E-state index contributed by atoms with van der Waals surface area (Å²) in [4.78, 5) is 10.9. The first kappa shape index (κ1) is 17.0. The third-order valence-corrected chi connectivity index (χ3v) is 3.04. The molecule has 2 aromatic carbocycles. The molecule has 0 unspecified atom stereocenters. The molecule has 122 valence electrons. The molecule has 0 saturated carbocycles. The zero-order valence-electron chi connectivity index (χ0n) is 11.1. The average Bonchev–Trinajstić information content (AvgIpc) is 2.45. The maximum absolute atomic E-state index is 13.3. The van der Waals surface area contributed by atoms with Crippen molar-refractivity contribution in [3.05, 3.63) is 58.9 Å². The first-order valence-corrected chi connectivity index (χ1v) is 6.07. The fourth-order valence-corrected chi connectivity index (χ4v) is 1.99. The van der Waals surface area contributed by atoms with Crippen molar-refractivity contribution in [3.8, 4) is 11.1 Å². The molecular formula is C15H7F7O. The summed E-state index contributed by atoms with van der Waals surface area (Å²) in [6.45, 7) is 0. The zero-order valence-corrected chi connectivity index (χ0v) is 11.1. The van der Waals surface area contributed by atoms with E-state index in [2.05, 4.69) is 0 Å². The van der Waals surface area contributed by atoms with Crippen molar-refractivity contribution < 1.29 is 35.5 Å². The van der Waals surface area contributed by atoms with Crippen molar-refractivity contribution in [1.29, 1.82) is 0 Å². The molecule has 0 bridgehead atoms. The number of carbonyl (C=O) groups excluding carboxylic acids is 1. The minimum absolute atomic E-state index is 0.0383. The van der Waals surface area contributed by atoms with E-state index in [0.717, 1.165) is 12.1 Å². The lowest BCUT2D eigenvalue weighted by molar-refractivity contribution is -0.143. The van der Waals surface area contributed by atoms with Crippen LogP contribution in [0.25, 0.3) is 11.1 Å². The van der Waals surface area contributed by atoms with Gasteiger partial charge < -0.3 is 0 Å². The highest BCUT2D eigenvalue weighted by molar-refractivity contribution is 5.87. The summed E-state index contributed by atoms with van der Waals surface area (Å²) >= 11 is 0. The maximum Gasteiger partial charge on any atom is 0.416 e. The van der Waals surface area contributed by atoms with Gasteiger partial charge in [0.25, 0.3) is 0 Å². The standard InChI is InChI=1S/C15H7F7O/c16-12-2-1-8(7-23)13(6-12)9-3-10(14(17,18)19)5-11(4-9)15(20,21)22/h1-7H. The summed E-state index contributed by atoms with van der Waals surface area (Å²) in [5.41, 5.74) is -4.20. The van der Waals surface area contributed by atoms with E-state index in [1.165, 1.54) is 0 Å². The molecule has 0 aliphatic carbocycles. The number of aldehydes is 1. The number of halogens is 7. The molecule has 0 amide bonds. The zero-order chi connectivity index (χ0) is 17.4. The number of benzene rings is 2. The van der Waals surface area contributed by atoms with Crippen LogP contribution < -0.4 is 0 Å². The van der Waals surface area contributed by atoms with Crippen LogP contribution in [0.15, 0.2) is 36.4 Å². The maximum atomic E-state index is 13.3. The lowest BCUT2D eigenvalue weighted by Crippen LogP contribution is -2.11. The van der Waals surface area contributed by atoms with Crippen LogP contribution in [-0.2, 0) is 12.4 Å². The number of rotatable bonds is 2. The Labute approximate surface area is 125 Å². The lowest BCUT2D eigenvalue weighted by Gasteiger charge is -2.15. The van der Waals surface area contributed by atoms with Crippen LogP contribution in [0.5, 0.6) is 0 Å². The molecule has 0 N–H and O–H groups in total. The summed E-state index contributed by atoms with van der Waals surface area (Å²) in [6.07, 6.45) is -9.82. The van der Waals surface area contributed by atoms with Gasteiger partial charge in [0.15, 0.2) is 6.29 Å². The number of hydrogen-bond acceptors (Lipinski definition) is 1. The Balaban J connectivity index is 2.77.